The Balaban J connectivity index is 0.967. The maximum Gasteiger partial charge on any atom is 0.0541 e. The van der Waals surface area contributed by atoms with Gasteiger partial charge in [-0.2, -0.15) is 0 Å². The Morgan fingerprint density at radius 3 is 1.02 bits per heavy atom. The van der Waals surface area contributed by atoms with Gasteiger partial charge >= 0.3 is 0 Å². The Kier molecular flexibility index (Phi) is 9.06. The first-order valence-corrected chi connectivity index (χ1v) is 19.8. The van der Waals surface area contributed by atoms with Crippen LogP contribution in [0.3, 0.4) is 0 Å². The molecule has 10 rings (SSSR count). The van der Waals surface area contributed by atoms with Gasteiger partial charge in [0, 0.05) is 33.5 Å². The van der Waals surface area contributed by atoms with Gasteiger partial charge in [0.2, 0.25) is 0 Å². The fourth-order valence-corrected chi connectivity index (χ4v) is 8.16. The van der Waals surface area contributed by atoms with Crippen molar-refractivity contribution in [3.05, 3.63) is 237 Å². The minimum absolute atomic E-state index is 1.09. The summed E-state index contributed by atoms with van der Waals surface area (Å²) in [6.07, 6.45) is 1.88. The van der Waals surface area contributed by atoms with Gasteiger partial charge in [0.1, 0.15) is 0 Å². The molecule has 2 nitrogen and oxygen atoms in total. The normalized spacial score (nSPS) is 11.2. The molecule has 0 atom stereocenters. The first-order valence-electron chi connectivity index (χ1n) is 19.8. The lowest BCUT2D eigenvalue weighted by molar-refractivity contribution is 1.18. The van der Waals surface area contributed by atoms with E-state index in [9.17, 15) is 0 Å². The molecule has 0 radical (unpaired) electrons. The minimum Gasteiger partial charge on any atom is -0.311 e. The lowest BCUT2D eigenvalue weighted by Gasteiger charge is -2.26. The zero-order chi connectivity index (χ0) is 38.8. The van der Waals surface area contributed by atoms with E-state index in [0.717, 1.165) is 28.3 Å². The summed E-state index contributed by atoms with van der Waals surface area (Å²) in [6, 6.07) is 80.8. The molecule has 0 saturated carbocycles. The van der Waals surface area contributed by atoms with Gasteiger partial charge in [0.05, 0.1) is 11.0 Å². The third-order valence-corrected chi connectivity index (χ3v) is 11.2. The van der Waals surface area contributed by atoms with Crippen molar-refractivity contribution in [2.24, 2.45) is 0 Å². The molecule has 0 aliphatic heterocycles. The Morgan fingerprint density at radius 2 is 0.621 bits per heavy atom. The van der Waals surface area contributed by atoms with Crippen LogP contribution in [0.1, 0.15) is 5.56 Å². The molecule has 0 N–H and O–H groups in total. The lowest BCUT2D eigenvalue weighted by Crippen LogP contribution is -2.09. The summed E-state index contributed by atoms with van der Waals surface area (Å²) < 4.78 is 2.36. The van der Waals surface area contributed by atoms with Crippen molar-refractivity contribution in [3.63, 3.8) is 0 Å². The van der Waals surface area contributed by atoms with Gasteiger partial charge in [-0.3, -0.25) is 0 Å². The Bertz CT molecular complexity index is 2940. The van der Waals surface area contributed by atoms with Crippen molar-refractivity contribution < 1.29 is 0 Å². The van der Waals surface area contributed by atoms with Gasteiger partial charge in [0.15, 0.2) is 0 Å². The fourth-order valence-electron chi connectivity index (χ4n) is 8.16. The third-order valence-electron chi connectivity index (χ3n) is 11.2. The minimum atomic E-state index is 1.09. The number of hydrogen-bond acceptors (Lipinski definition) is 1. The van der Waals surface area contributed by atoms with E-state index in [-0.39, 0.29) is 0 Å². The van der Waals surface area contributed by atoms with Crippen molar-refractivity contribution in [1.29, 1.82) is 0 Å². The molecule has 58 heavy (non-hydrogen) atoms. The Hall–Kier alpha value is -7.68. The van der Waals surface area contributed by atoms with E-state index in [1.807, 2.05) is 6.08 Å². The molecule has 10 aromatic rings. The summed E-state index contributed by atoms with van der Waals surface area (Å²) in [4.78, 5) is 2.34. The average molecular weight is 741 g/mol. The highest BCUT2D eigenvalue weighted by molar-refractivity contribution is 6.09. The van der Waals surface area contributed by atoms with Crippen molar-refractivity contribution in [3.8, 4) is 50.2 Å². The summed E-state index contributed by atoms with van der Waals surface area (Å²) in [6.45, 7) is 3.91. The van der Waals surface area contributed by atoms with E-state index in [2.05, 4.69) is 241 Å². The SMILES string of the molecule is C=Cc1ccc(-c2ccc(N(c3ccc(-c4ccc(-c5ccccc5)cc4)cc3)c3ccc(-c4ccc(-n5c6ccccc6c6ccccc65)cc4)cc3)cc2)cc1. The molecular weight excluding hydrogens is 701 g/mol. The smallest absolute Gasteiger partial charge is 0.0541 e. The summed E-state index contributed by atoms with van der Waals surface area (Å²) in [7, 11) is 0. The molecule has 0 unspecified atom stereocenters. The molecule has 1 heterocycles. The van der Waals surface area contributed by atoms with E-state index in [1.165, 1.54) is 66.3 Å². The Morgan fingerprint density at radius 1 is 0.310 bits per heavy atom. The standard InChI is InChI=1S/C56H40N2/c1-2-40-16-18-42(19-17-40)45-24-32-49(33-25-45)57(50-34-26-46(27-35-50)44-22-20-43(21-23-44)41-10-4-3-5-11-41)51-36-28-47(29-37-51)48-30-38-52(39-31-48)58-55-14-8-6-12-53(55)54-13-7-9-15-56(54)58/h2-39H,1H2. The molecule has 0 aliphatic carbocycles. The topological polar surface area (TPSA) is 8.17 Å². The van der Waals surface area contributed by atoms with Crippen molar-refractivity contribution in [1.82, 2.24) is 4.57 Å². The number of rotatable bonds is 9. The van der Waals surface area contributed by atoms with E-state index < -0.39 is 0 Å². The lowest BCUT2D eigenvalue weighted by atomic mass is 10.00. The van der Waals surface area contributed by atoms with Crippen molar-refractivity contribution in [2.75, 3.05) is 4.90 Å². The number of benzene rings is 9. The molecule has 0 fully saturated rings. The largest absolute Gasteiger partial charge is 0.311 e. The van der Waals surface area contributed by atoms with Crippen LogP contribution in [0.25, 0.3) is 78.1 Å². The van der Waals surface area contributed by atoms with E-state index >= 15 is 0 Å². The van der Waals surface area contributed by atoms with Crippen LogP contribution in [-0.2, 0) is 0 Å². The summed E-state index contributed by atoms with van der Waals surface area (Å²) in [5, 5.41) is 2.54. The maximum atomic E-state index is 3.91. The monoisotopic (exact) mass is 740 g/mol. The van der Waals surface area contributed by atoms with Crippen molar-refractivity contribution >= 4 is 44.9 Å². The second kappa shape index (κ2) is 15.1. The number of aromatic nitrogens is 1. The summed E-state index contributed by atoms with van der Waals surface area (Å²) in [5.41, 5.74) is 17.5. The number of fused-ring (bicyclic) bond motifs is 3. The summed E-state index contributed by atoms with van der Waals surface area (Å²) >= 11 is 0. The van der Waals surface area contributed by atoms with Crippen LogP contribution >= 0.6 is 0 Å². The molecule has 2 heteroatoms. The quantitative estimate of drug-likeness (QED) is 0.143. The highest BCUT2D eigenvalue weighted by Gasteiger charge is 2.15. The molecular formula is C56H40N2. The second-order valence-corrected chi connectivity index (χ2v) is 14.7. The first-order chi connectivity index (χ1) is 28.7. The van der Waals surface area contributed by atoms with Crippen LogP contribution in [0.4, 0.5) is 17.1 Å². The van der Waals surface area contributed by atoms with Gasteiger partial charge in [-0.05, 0) is 111 Å². The molecule has 0 amide bonds. The van der Waals surface area contributed by atoms with Crippen LogP contribution in [-0.4, -0.2) is 4.57 Å². The van der Waals surface area contributed by atoms with Crippen LogP contribution in [0, 0.1) is 0 Å². The highest BCUT2D eigenvalue weighted by Crippen LogP contribution is 2.39. The van der Waals surface area contributed by atoms with Gasteiger partial charge < -0.3 is 9.47 Å². The predicted octanol–water partition coefficient (Wildman–Crippen LogP) is 15.6. The number of hydrogen-bond donors (Lipinski definition) is 0. The highest BCUT2D eigenvalue weighted by atomic mass is 15.1. The molecule has 0 bridgehead atoms. The zero-order valence-electron chi connectivity index (χ0n) is 32.0. The van der Waals surface area contributed by atoms with Crippen LogP contribution in [0.5, 0.6) is 0 Å². The van der Waals surface area contributed by atoms with Gasteiger partial charge in [-0.15, -0.1) is 0 Å². The second-order valence-electron chi connectivity index (χ2n) is 14.7. The first kappa shape index (κ1) is 34.8. The molecule has 0 saturated heterocycles. The number of para-hydroxylation sites is 2. The Labute approximate surface area is 339 Å². The van der Waals surface area contributed by atoms with Gasteiger partial charge in [-0.25, -0.2) is 0 Å². The molecule has 1 aromatic heterocycles. The number of nitrogens with zero attached hydrogens (tertiary/aromatic N) is 2. The average Bonchev–Trinajstić information content (AvgIpc) is 3.65. The van der Waals surface area contributed by atoms with Crippen molar-refractivity contribution in [2.45, 2.75) is 0 Å². The zero-order valence-corrected chi connectivity index (χ0v) is 32.0. The fraction of sp³-hybridized carbons (Fsp3) is 0. The molecule has 0 spiro atoms. The predicted molar refractivity (Wildman–Crippen MR) is 247 cm³/mol. The van der Waals surface area contributed by atoms with Gasteiger partial charge in [-0.1, -0.05) is 176 Å². The molecule has 9 aromatic carbocycles. The van der Waals surface area contributed by atoms with E-state index in [1.54, 1.807) is 0 Å². The third kappa shape index (κ3) is 6.57. The molecule has 274 valence electrons. The number of anilines is 3. The van der Waals surface area contributed by atoms with Gasteiger partial charge in [0.25, 0.3) is 0 Å². The van der Waals surface area contributed by atoms with E-state index in [0.29, 0.717) is 0 Å². The van der Waals surface area contributed by atoms with Crippen LogP contribution in [0.2, 0.25) is 0 Å². The summed E-state index contributed by atoms with van der Waals surface area (Å²) in [5.74, 6) is 0. The van der Waals surface area contributed by atoms with E-state index in [4.69, 9.17) is 0 Å². The maximum absolute atomic E-state index is 3.91. The van der Waals surface area contributed by atoms with Crippen LogP contribution in [0.15, 0.2) is 231 Å². The molecule has 0 aliphatic rings. The van der Waals surface area contributed by atoms with Crippen LogP contribution < -0.4 is 4.90 Å².